The highest BCUT2D eigenvalue weighted by Crippen LogP contribution is 2.39. The Labute approximate surface area is 170 Å². The van der Waals surface area contributed by atoms with Gasteiger partial charge in [-0.15, -0.1) is 11.3 Å². The summed E-state index contributed by atoms with van der Waals surface area (Å²) in [4.78, 5) is 13.4. The van der Waals surface area contributed by atoms with E-state index in [2.05, 4.69) is 5.10 Å². The molecule has 0 aliphatic rings. The Morgan fingerprint density at radius 1 is 1.27 bits per heavy atom. The fourth-order valence-electron chi connectivity index (χ4n) is 2.83. The van der Waals surface area contributed by atoms with Crippen LogP contribution < -0.4 is 5.73 Å². The van der Waals surface area contributed by atoms with Crippen molar-refractivity contribution < 1.29 is 4.79 Å². The number of rotatable bonds is 6. The second kappa shape index (κ2) is 8.11. The Bertz CT molecular complexity index is 932. The second-order valence-corrected chi connectivity index (χ2v) is 8.31. The Morgan fingerprint density at radius 2 is 2.00 bits per heavy atom. The number of thiophene rings is 1. The van der Waals surface area contributed by atoms with Gasteiger partial charge in [0.2, 0.25) is 0 Å². The summed E-state index contributed by atoms with van der Waals surface area (Å²) in [6.07, 6.45) is 1.81. The Morgan fingerprint density at radius 3 is 2.62 bits per heavy atom. The molecule has 0 fully saturated rings. The highest BCUT2D eigenvalue weighted by molar-refractivity contribution is 7.18. The van der Waals surface area contributed by atoms with E-state index in [1.54, 1.807) is 30.1 Å². The van der Waals surface area contributed by atoms with Crippen LogP contribution >= 0.6 is 46.1 Å². The third kappa shape index (κ3) is 3.82. The number of ketones is 1. The molecule has 1 unspecified atom stereocenters. The van der Waals surface area contributed by atoms with Gasteiger partial charge in [0.25, 0.3) is 0 Å². The van der Waals surface area contributed by atoms with E-state index in [1.165, 1.54) is 11.3 Å². The molecule has 2 N–H and O–H groups in total. The maximum absolute atomic E-state index is 12.8. The molecule has 0 saturated carbocycles. The Balaban J connectivity index is 1.87. The first-order valence-corrected chi connectivity index (χ1v) is 9.82. The summed E-state index contributed by atoms with van der Waals surface area (Å²) < 4.78 is 2.14. The minimum atomic E-state index is -0.152. The molecule has 3 aromatic rings. The zero-order valence-corrected chi connectivity index (χ0v) is 17.0. The normalized spacial score (nSPS) is 12.3. The van der Waals surface area contributed by atoms with Crippen LogP contribution in [0.2, 0.25) is 14.4 Å². The lowest BCUT2D eigenvalue weighted by Crippen LogP contribution is -2.16. The van der Waals surface area contributed by atoms with E-state index >= 15 is 0 Å². The van der Waals surface area contributed by atoms with E-state index in [1.807, 2.05) is 18.2 Å². The maximum atomic E-state index is 12.8. The topological polar surface area (TPSA) is 60.9 Å². The van der Waals surface area contributed by atoms with Gasteiger partial charge in [0.05, 0.1) is 21.8 Å². The first kappa shape index (κ1) is 19.4. The summed E-state index contributed by atoms with van der Waals surface area (Å²) in [5.41, 5.74) is 8.16. The summed E-state index contributed by atoms with van der Waals surface area (Å²) in [6, 6.07) is 9.20. The monoisotopic (exact) mass is 427 g/mol. The second-order valence-electron chi connectivity index (χ2n) is 5.84. The average molecular weight is 429 g/mol. The van der Waals surface area contributed by atoms with Crippen molar-refractivity contribution in [2.75, 3.05) is 6.54 Å². The van der Waals surface area contributed by atoms with Gasteiger partial charge in [-0.05, 0) is 24.2 Å². The summed E-state index contributed by atoms with van der Waals surface area (Å²) in [7, 11) is 1.78. The molecule has 1 atom stereocenters. The minimum Gasteiger partial charge on any atom is -0.330 e. The maximum Gasteiger partial charge on any atom is 0.173 e. The van der Waals surface area contributed by atoms with Gasteiger partial charge in [0.15, 0.2) is 5.78 Å². The molecule has 0 amide bonds. The third-order valence-corrected chi connectivity index (χ3v) is 6.19. The summed E-state index contributed by atoms with van der Waals surface area (Å²) >= 11 is 20.0. The van der Waals surface area contributed by atoms with E-state index in [-0.39, 0.29) is 18.1 Å². The number of carbonyl (C=O) groups is 1. The van der Waals surface area contributed by atoms with Crippen LogP contribution in [0, 0.1) is 0 Å². The van der Waals surface area contributed by atoms with Crippen molar-refractivity contribution in [1.29, 1.82) is 0 Å². The molecule has 8 heteroatoms. The van der Waals surface area contributed by atoms with E-state index in [9.17, 15) is 4.79 Å². The third-order valence-electron chi connectivity index (χ3n) is 4.17. The minimum absolute atomic E-state index is 0.0307. The van der Waals surface area contributed by atoms with Crippen LogP contribution in [0.15, 0.2) is 36.5 Å². The molecule has 2 aromatic heterocycles. The van der Waals surface area contributed by atoms with Crippen molar-refractivity contribution in [2.24, 2.45) is 12.8 Å². The molecule has 1 aromatic carbocycles. The number of benzene rings is 1. The largest absolute Gasteiger partial charge is 0.330 e. The number of nitrogens with zero attached hydrogens (tertiary/aromatic N) is 2. The molecule has 26 heavy (non-hydrogen) atoms. The lowest BCUT2D eigenvalue weighted by molar-refractivity contribution is 0.0978. The molecule has 0 saturated heterocycles. The van der Waals surface area contributed by atoms with E-state index in [0.29, 0.717) is 37.1 Å². The van der Waals surface area contributed by atoms with E-state index < -0.39 is 0 Å². The molecular weight excluding hydrogens is 413 g/mol. The zero-order chi connectivity index (χ0) is 18.8. The number of hydrogen-bond donors (Lipinski definition) is 1. The Hall–Kier alpha value is -1.37. The number of aryl methyl sites for hydroxylation is 1. The first-order chi connectivity index (χ1) is 12.4. The predicted molar refractivity (Wildman–Crippen MR) is 109 cm³/mol. The number of hydrogen-bond acceptors (Lipinski definition) is 4. The van der Waals surface area contributed by atoms with Crippen LogP contribution in [0.5, 0.6) is 0 Å². The molecule has 3 rings (SSSR count). The lowest BCUT2D eigenvalue weighted by Gasteiger charge is -2.15. The van der Waals surface area contributed by atoms with Crippen LogP contribution in [0.3, 0.4) is 0 Å². The van der Waals surface area contributed by atoms with Crippen molar-refractivity contribution >= 4 is 51.9 Å². The molecule has 0 spiro atoms. The molecule has 4 nitrogen and oxygen atoms in total. The van der Waals surface area contributed by atoms with Gasteiger partial charge in [-0.2, -0.15) is 5.10 Å². The van der Waals surface area contributed by atoms with Gasteiger partial charge >= 0.3 is 0 Å². The van der Waals surface area contributed by atoms with Gasteiger partial charge in [0, 0.05) is 30.0 Å². The zero-order valence-electron chi connectivity index (χ0n) is 13.9. The Kier molecular flexibility index (Phi) is 6.05. The quantitative estimate of drug-likeness (QED) is 0.533. The molecule has 0 bridgehead atoms. The van der Waals surface area contributed by atoms with Crippen molar-refractivity contribution in [3.8, 4) is 11.3 Å². The first-order valence-electron chi connectivity index (χ1n) is 7.87. The van der Waals surface area contributed by atoms with Crippen LogP contribution in [0.1, 0.15) is 27.6 Å². The standard InChI is InChI=1S/C18H16Cl3N3OS/c1-24-17(14(20)9-23-24)12-7-16(26-18(12)21)15(25)6-10(8-22)11-4-2-3-5-13(11)19/h2-5,7,9-10H,6,8,22H2,1H3. The highest BCUT2D eigenvalue weighted by atomic mass is 35.5. The lowest BCUT2D eigenvalue weighted by atomic mass is 9.93. The number of Topliss-reactive ketones (excluding diaryl/α,β-unsaturated/α-hetero) is 1. The fourth-order valence-corrected chi connectivity index (χ4v) is 4.62. The molecule has 0 aliphatic carbocycles. The van der Waals surface area contributed by atoms with Gasteiger partial charge in [0.1, 0.15) is 4.34 Å². The average Bonchev–Trinajstić information content (AvgIpc) is 3.15. The van der Waals surface area contributed by atoms with Crippen molar-refractivity contribution in [3.63, 3.8) is 0 Å². The van der Waals surface area contributed by atoms with Gasteiger partial charge in [-0.3, -0.25) is 9.48 Å². The summed E-state index contributed by atoms with van der Waals surface area (Å²) in [5.74, 6) is -0.183. The number of nitrogens with two attached hydrogens (primary N) is 1. The molecule has 2 heterocycles. The van der Waals surface area contributed by atoms with Crippen molar-refractivity contribution in [3.05, 3.63) is 61.4 Å². The van der Waals surface area contributed by atoms with E-state index in [4.69, 9.17) is 40.5 Å². The molecular formula is C18H16Cl3N3OS. The van der Waals surface area contributed by atoms with Crippen molar-refractivity contribution in [2.45, 2.75) is 12.3 Å². The van der Waals surface area contributed by atoms with Crippen LogP contribution in [0.4, 0.5) is 0 Å². The summed E-state index contributed by atoms with van der Waals surface area (Å²) in [5, 5.41) is 5.21. The molecule has 0 radical (unpaired) electrons. The number of halogens is 3. The van der Waals surface area contributed by atoms with Crippen LogP contribution in [-0.2, 0) is 7.05 Å². The van der Waals surface area contributed by atoms with Crippen LogP contribution in [-0.4, -0.2) is 22.1 Å². The smallest absolute Gasteiger partial charge is 0.173 e. The molecule has 136 valence electrons. The molecule has 0 aliphatic heterocycles. The van der Waals surface area contributed by atoms with Gasteiger partial charge < -0.3 is 5.73 Å². The SMILES string of the molecule is Cn1ncc(Cl)c1-c1cc(C(=O)CC(CN)c2ccccc2Cl)sc1Cl. The predicted octanol–water partition coefficient (Wildman–Crippen LogP) is 5.42. The highest BCUT2D eigenvalue weighted by Gasteiger charge is 2.22. The van der Waals surface area contributed by atoms with E-state index in [0.717, 1.165) is 5.56 Å². The van der Waals surface area contributed by atoms with Crippen LogP contribution in [0.25, 0.3) is 11.3 Å². The summed E-state index contributed by atoms with van der Waals surface area (Å²) in [6.45, 7) is 0.328. The van der Waals surface area contributed by atoms with Gasteiger partial charge in [-0.1, -0.05) is 53.0 Å². The fraction of sp³-hybridized carbons (Fsp3) is 0.222. The number of aromatic nitrogens is 2. The van der Waals surface area contributed by atoms with Gasteiger partial charge in [-0.25, -0.2) is 0 Å². The van der Waals surface area contributed by atoms with Crippen molar-refractivity contribution in [1.82, 2.24) is 9.78 Å². The number of carbonyl (C=O) groups excluding carboxylic acids is 1.